The minimum Gasteiger partial charge on any atom is -0.378 e. The number of hydrogen-bond acceptors (Lipinski definition) is 4. The van der Waals surface area contributed by atoms with Gasteiger partial charge in [0, 0.05) is 18.5 Å². The highest BCUT2D eigenvalue weighted by Crippen LogP contribution is 2.26. The van der Waals surface area contributed by atoms with Crippen molar-refractivity contribution in [2.75, 3.05) is 31.2 Å². The van der Waals surface area contributed by atoms with E-state index < -0.39 is 5.24 Å². The van der Waals surface area contributed by atoms with Crippen molar-refractivity contribution in [1.82, 2.24) is 4.98 Å². The van der Waals surface area contributed by atoms with Crippen LogP contribution < -0.4 is 4.90 Å². The molecule has 2 heterocycles. The first-order valence-electron chi connectivity index (χ1n) is 6.59. The molecule has 1 aliphatic heterocycles. The Balaban J connectivity index is 2.16. The Hall–Kier alpha value is -1.65. The molecule has 0 bridgehead atoms. The van der Waals surface area contributed by atoms with Crippen molar-refractivity contribution in [1.29, 1.82) is 0 Å². The number of aromatic nitrogens is 1. The van der Waals surface area contributed by atoms with Crippen LogP contribution in [0.1, 0.15) is 15.9 Å². The number of ether oxygens (including phenoxy) is 1. The van der Waals surface area contributed by atoms with Crippen molar-refractivity contribution in [2.45, 2.75) is 6.92 Å². The molecule has 0 amide bonds. The molecule has 0 N–H and O–H groups in total. The molecule has 5 heteroatoms. The van der Waals surface area contributed by atoms with Crippen LogP contribution >= 0.6 is 11.6 Å². The number of rotatable bonds is 2. The van der Waals surface area contributed by atoms with Gasteiger partial charge in [-0.2, -0.15) is 0 Å². The monoisotopic (exact) mass is 290 g/mol. The van der Waals surface area contributed by atoms with E-state index >= 15 is 0 Å². The fourth-order valence-electron chi connectivity index (χ4n) is 2.43. The zero-order valence-corrected chi connectivity index (χ0v) is 12.0. The number of nitrogens with zero attached hydrogens (tertiary/aromatic N) is 2. The summed E-state index contributed by atoms with van der Waals surface area (Å²) in [5.74, 6) is 0.659. The lowest BCUT2D eigenvalue weighted by Gasteiger charge is -2.29. The van der Waals surface area contributed by atoms with Crippen LogP contribution in [0.25, 0.3) is 10.9 Å². The molecular weight excluding hydrogens is 276 g/mol. The minimum absolute atomic E-state index is 0.463. The van der Waals surface area contributed by atoms with E-state index in [4.69, 9.17) is 16.3 Å². The van der Waals surface area contributed by atoms with Gasteiger partial charge in [0.05, 0.1) is 24.3 Å². The summed E-state index contributed by atoms with van der Waals surface area (Å²) in [5.41, 5.74) is 2.49. The standard InChI is InChI=1S/C15H15ClN2O2/c1-10-2-3-11-9-12(14(16)19)15(17-13(11)8-10)18-4-6-20-7-5-18/h2-3,8-9H,4-7H2,1H3. The van der Waals surface area contributed by atoms with Crippen LogP contribution in [-0.4, -0.2) is 36.5 Å². The highest BCUT2D eigenvalue weighted by atomic mass is 35.5. The van der Waals surface area contributed by atoms with Crippen LogP contribution in [0.3, 0.4) is 0 Å². The zero-order chi connectivity index (χ0) is 14.1. The third kappa shape index (κ3) is 2.49. The summed E-state index contributed by atoms with van der Waals surface area (Å²) in [6, 6.07) is 7.80. The first-order valence-corrected chi connectivity index (χ1v) is 6.97. The number of halogens is 1. The molecule has 1 fully saturated rings. The molecule has 0 atom stereocenters. The first kappa shape index (κ1) is 13.3. The molecule has 1 aromatic heterocycles. The van der Waals surface area contributed by atoms with Gasteiger partial charge in [-0.25, -0.2) is 4.98 Å². The zero-order valence-electron chi connectivity index (χ0n) is 11.2. The Morgan fingerprint density at radius 1 is 1.30 bits per heavy atom. The molecule has 0 radical (unpaired) electrons. The van der Waals surface area contributed by atoms with E-state index in [0.717, 1.165) is 29.6 Å². The summed E-state index contributed by atoms with van der Waals surface area (Å²) in [4.78, 5) is 18.4. The van der Waals surface area contributed by atoms with E-state index in [-0.39, 0.29) is 0 Å². The predicted molar refractivity (Wildman–Crippen MR) is 79.7 cm³/mol. The fraction of sp³-hybridized carbons (Fsp3) is 0.333. The van der Waals surface area contributed by atoms with Crippen molar-refractivity contribution in [3.05, 3.63) is 35.4 Å². The van der Waals surface area contributed by atoms with E-state index in [2.05, 4.69) is 9.88 Å². The average molecular weight is 291 g/mol. The van der Waals surface area contributed by atoms with Crippen molar-refractivity contribution in [3.63, 3.8) is 0 Å². The molecule has 104 valence electrons. The van der Waals surface area contributed by atoms with Crippen LogP contribution in [0.2, 0.25) is 0 Å². The van der Waals surface area contributed by atoms with Crippen LogP contribution in [-0.2, 0) is 4.74 Å². The highest BCUT2D eigenvalue weighted by Gasteiger charge is 2.20. The van der Waals surface area contributed by atoms with Gasteiger partial charge in [0.25, 0.3) is 5.24 Å². The lowest BCUT2D eigenvalue weighted by molar-refractivity contribution is 0.107. The van der Waals surface area contributed by atoms with Gasteiger partial charge in [0.2, 0.25) is 0 Å². The summed E-state index contributed by atoms with van der Waals surface area (Å²) in [6.45, 7) is 4.76. The molecule has 0 spiro atoms. The summed E-state index contributed by atoms with van der Waals surface area (Å²) >= 11 is 5.72. The summed E-state index contributed by atoms with van der Waals surface area (Å²) in [5, 5.41) is 0.457. The lowest BCUT2D eigenvalue weighted by atomic mass is 10.1. The number of carbonyl (C=O) groups excluding carboxylic acids is 1. The molecule has 1 saturated heterocycles. The molecule has 0 saturated carbocycles. The Labute approximate surface area is 122 Å². The molecule has 0 aliphatic carbocycles. The number of fused-ring (bicyclic) bond motifs is 1. The molecule has 4 nitrogen and oxygen atoms in total. The maximum atomic E-state index is 11.7. The molecular formula is C15H15ClN2O2. The van der Waals surface area contributed by atoms with Gasteiger partial charge in [-0.15, -0.1) is 0 Å². The van der Waals surface area contributed by atoms with Gasteiger partial charge in [0.15, 0.2) is 0 Å². The largest absolute Gasteiger partial charge is 0.378 e. The second-order valence-electron chi connectivity index (χ2n) is 4.93. The van der Waals surface area contributed by atoms with Crippen molar-refractivity contribution < 1.29 is 9.53 Å². The number of hydrogen-bond donors (Lipinski definition) is 0. The number of aryl methyl sites for hydroxylation is 1. The first-order chi connectivity index (χ1) is 9.65. The number of morpholine rings is 1. The van der Waals surface area contributed by atoms with Crippen molar-refractivity contribution in [3.8, 4) is 0 Å². The Bertz CT molecular complexity index is 666. The SMILES string of the molecule is Cc1ccc2cc(C(=O)Cl)c(N3CCOCC3)nc2c1. The topological polar surface area (TPSA) is 42.4 Å². The van der Waals surface area contributed by atoms with Gasteiger partial charge in [-0.3, -0.25) is 4.79 Å². The van der Waals surface area contributed by atoms with Crippen LogP contribution in [0, 0.1) is 6.92 Å². The summed E-state index contributed by atoms with van der Waals surface area (Å²) in [7, 11) is 0. The fourth-order valence-corrected chi connectivity index (χ4v) is 2.57. The average Bonchev–Trinajstić information content (AvgIpc) is 2.46. The third-order valence-electron chi connectivity index (χ3n) is 3.48. The molecule has 1 aliphatic rings. The number of benzene rings is 1. The second kappa shape index (κ2) is 5.38. The predicted octanol–water partition coefficient (Wildman–Crippen LogP) is 2.76. The third-order valence-corrected chi connectivity index (χ3v) is 3.68. The number of carbonyl (C=O) groups is 1. The van der Waals surface area contributed by atoms with Gasteiger partial charge in [-0.1, -0.05) is 12.1 Å². The second-order valence-corrected chi connectivity index (χ2v) is 5.27. The smallest absolute Gasteiger partial charge is 0.256 e. The normalized spacial score (nSPS) is 15.6. The van der Waals surface area contributed by atoms with Crippen LogP contribution in [0.5, 0.6) is 0 Å². The maximum absolute atomic E-state index is 11.7. The van der Waals surface area contributed by atoms with Gasteiger partial charge < -0.3 is 9.64 Å². The minimum atomic E-state index is -0.471. The van der Waals surface area contributed by atoms with Crippen LogP contribution in [0.15, 0.2) is 24.3 Å². The van der Waals surface area contributed by atoms with Crippen molar-refractivity contribution in [2.24, 2.45) is 0 Å². The van der Waals surface area contributed by atoms with Crippen molar-refractivity contribution >= 4 is 33.6 Å². The molecule has 20 heavy (non-hydrogen) atoms. The van der Waals surface area contributed by atoms with Gasteiger partial charge >= 0.3 is 0 Å². The summed E-state index contributed by atoms with van der Waals surface area (Å²) in [6.07, 6.45) is 0. The van der Waals surface area contributed by atoms with Gasteiger partial charge in [0.1, 0.15) is 5.82 Å². The Morgan fingerprint density at radius 3 is 2.75 bits per heavy atom. The lowest BCUT2D eigenvalue weighted by Crippen LogP contribution is -2.37. The molecule has 1 aromatic carbocycles. The molecule has 2 aromatic rings. The molecule has 0 unspecified atom stereocenters. The summed E-state index contributed by atoms with van der Waals surface area (Å²) < 4.78 is 5.34. The Kier molecular flexibility index (Phi) is 3.59. The number of pyridine rings is 1. The van der Waals surface area contributed by atoms with E-state index in [1.54, 1.807) is 0 Å². The van der Waals surface area contributed by atoms with Crippen LogP contribution in [0.4, 0.5) is 5.82 Å². The van der Waals surface area contributed by atoms with E-state index in [9.17, 15) is 4.79 Å². The van der Waals surface area contributed by atoms with Gasteiger partial charge in [-0.05, 0) is 36.2 Å². The van der Waals surface area contributed by atoms with E-state index in [1.807, 2.05) is 31.2 Å². The molecule has 3 rings (SSSR count). The highest BCUT2D eigenvalue weighted by molar-refractivity contribution is 6.68. The number of anilines is 1. The Morgan fingerprint density at radius 2 is 2.05 bits per heavy atom. The maximum Gasteiger partial charge on any atom is 0.256 e. The van der Waals surface area contributed by atoms with E-state index in [1.165, 1.54) is 0 Å². The quantitative estimate of drug-likeness (QED) is 0.798. The van der Waals surface area contributed by atoms with E-state index in [0.29, 0.717) is 24.6 Å².